The lowest BCUT2D eigenvalue weighted by atomic mass is 10.0. The van der Waals surface area contributed by atoms with Crippen LogP contribution in [0.3, 0.4) is 0 Å². The number of rotatable bonds is 0. The first-order valence-corrected chi connectivity index (χ1v) is 4.22. The van der Waals surface area contributed by atoms with E-state index in [1.54, 1.807) is 6.07 Å². The van der Waals surface area contributed by atoms with E-state index in [1.165, 1.54) is 6.20 Å². The summed E-state index contributed by atoms with van der Waals surface area (Å²) >= 11 is 0. The average Bonchev–Trinajstić information content (AvgIpc) is 2.28. The Labute approximate surface area is 79.3 Å². The number of ether oxygens (including phenoxy) is 1. The SMILES string of the molecule is O=C1CC(O)c2cc[nH]c(=O)c2CO1. The van der Waals surface area contributed by atoms with Gasteiger partial charge in [0.25, 0.3) is 5.56 Å². The van der Waals surface area contributed by atoms with Crippen LogP contribution >= 0.6 is 0 Å². The Morgan fingerprint density at radius 2 is 2.29 bits per heavy atom. The number of hydrogen-bond acceptors (Lipinski definition) is 4. The predicted molar refractivity (Wildman–Crippen MR) is 46.4 cm³/mol. The number of aliphatic hydroxyl groups is 1. The van der Waals surface area contributed by atoms with E-state index in [1.807, 2.05) is 0 Å². The molecule has 0 saturated heterocycles. The number of hydrogen-bond donors (Lipinski definition) is 2. The first kappa shape index (κ1) is 8.96. The van der Waals surface area contributed by atoms with Crippen molar-refractivity contribution in [2.45, 2.75) is 19.1 Å². The van der Waals surface area contributed by atoms with E-state index in [0.717, 1.165) is 0 Å². The maximum absolute atomic E-state index is 11.3. The first-order chi connectivity index (χ1) is 6.68. The molecule has 0 saturated carbocycles. The molecule has 1 aliphatic rings. The van der Waals surface area contributed by atoms with Gasteiger partial charge in [0.2, 0.25) is 0 Å². The van der Waals surface area contributed by atoms with Gasteiger partial charge in [-0.25, -0.2) is 0 Å². The zero-order valence-corrected chi connectivity index (χ0v) is 7.32. The third kappa shape index (κ3) is 1.42. The number of cyclic esters (lactones) is 1. The molecule has 5 nitrogen and oxygen atoms in total. The first-order valence-electron chi connectivity index (χ1n) is 4.22. The number of aromatic nitrogens is 1. The molecule has 0 aromatic carbocycles. The van der Waals surface area contributed by atoms with Gasteiger partial charge in [-0.05, 0) is 11.6 Å². The number of fused-ring (bicyclic) bond motifs is 1. The molecule has 1 aromatic heterocycles. The molecule has 0 amide bonds. The van der Waals surface area contributed by atoms with Crippen molar-refractivity contribution in [1.82, 2.24) is 4.98 Å². The highest BCUT2D eigenvalue weighted by molar-refractivity contribution is 5.71. The summed E-state index contributed by atoms with van der Waals surface area (Å²) in [5.74, 6) is -0.492. The molecular formula is C9H9NO4. The van der Waals surface area contributed by atoms with E-state index in [9.17, 15) is 14.7 Å². The maximum Gasteiger partial charge on any atom is 0.309 e. The Hall–Kier alpha value is -1.62. The summed E-state index contributed by atoms with van der Waals surface area (Å²) in [5.41, 5.74) is 0.474. The Balaban J connectivity index is 2.53. The molecule has 14 heavy (non-hydrogen) atoms. The van der Waals surface area contributed by atoms with Crippen LogP contribution in [0.4, 0.5) is 0 Å². The lowest BCUT2D eigenvalue weighted by molar-refractivity contribution is -0.146. The van der Waals surface area contributed by atoms with Crippen molar-refractivity contribution in [2.24, 2.45) is 0 Å². The lowest BCUT2D eigenvalue weighted by Gasteiger charge is -2.07. The highest BCUT2D eigenvalue weighted by Crippen LogP contribution is 2.22. The normalized spacial score (nSPS) is 20.9. The summed E-state index contributed by atoms with van der Waals surface area (Å²) in [6.45, 7) is -0.0681. The number of H-pyrrole nitrogens is 1. The third-order valence-electron chi connectivity index (χ3n) is 2.20. The van der Waals surface area contributed by atoms with Gasteiger partial charge in [0.05, 0.1) is 18.1 Å². The van der Waals surface area contributed by atoms with Crippen molar-refractivity contribution in [3.8, 4) is 0 Å². The smallest absolute Gasteiger partial charge is 0.309 e. The molecule has 0 bridgehead atoms. The summed E-state index contributed by atoms with van der Waals surface area (Å²) in [7, 11) is 0. The third-order valence-corrected chi connectivity index (χ3v) is 2.20. The average molecular weight is 195 g/mol. The quantitative estimate of drug-likeness (QED) is 0.564. The summed E-state index contributed by atoms with van der Waals surface area (Å²) in [6.07, 6.45) is 0.402. The number of aromatic amines is 1. The molecule has 2 N–H and O–H groups in total. The zero-order chi connectivity index (χ0) is 10.1. The Bertz CT molecular complexity index is 423. The molecule has 74 valence electrons. The van der Waals surface area contributed by atoms with Crippen LogP contribution in [0.25, 0.3) is 0 Å². The van der Waals surface area contributed by atoms with Gasteiger partial charge in [0.15, 0.2) is 0 Å². The molecule has 0 radical (unpaired) electrons. The van der Waals surface area contributed by atoms with Crippen LogP contribution < -0.4 is 5.56 Å². The van der Waals surface area contributed by atoms with Crippen molar-refractivity contribution < 1.29 is 14.6 Å². The van der Waals surface area contributed by atoms with Gasteiger partial charge in [-0.3, -0.25) is 9.59 Å². The summed E-state index contributed by atoms with van der Waals surface area (Å²) in [6, 6.07) is 1.59. The van der Waals surface area contributed by atoms with Crippen molar-refractivity contribution in [1.29, 1.82) is 0 Å². The fraction of sp³-hybridized carbons (Fsp3) is 0.333. The number of pyridine rings is 1. The number of aliphatic hydroxyl groups excluding tert-OH is 1. The second kappa shape index (κ2) is 3.26. The highest BCUT2D eigenvalue weighted by atomic mass is 16.5. The molecule has 1 atom stereocenters. The van der Waals surface area contributed by atoms with Gasteiger partial charge in [0, 0.05) is 6.20 Å². The number of carbonyl (C=O) groups excluding carboxylic acids is 1. The van der Waals surface area contributed by atoms with Crippen molar-refractivity contribution in [3.05, 3.63) is 33.7 Å². The van der Waals surface area contributed by atoms with E-state index in [0.29, 0.717) is 11.1 Å². The van der Waals surface area contributed by atoms with E-state index in [4.69, 9.17) is 4.74 Å². The van der Waals surface area contributed by atoms with E-state index >= 15 is 0 Å². The van der Waals surface area contributed by atoms with Crippen LogP contribution in [0, 0.1) is 0 Å². The second-order valence-electron chi connectivity index (χ2n) is 3.12. The molecule has 0 spiro atoms. The van der Waals surface area contributed by atoms with Gasteiger partial charge >= 0.3 is 5.97 Å². The molecule has 0 aliphatic carbocycles. The summed E-state index contributed by atoms with van der Waals surface area (Å²) < 4.78 is 4.76. The Kier molecular flexibility index (Phi) is 2.09. The zero-order valence-electron chi connectivity index (χ0n) is 7.32. The van der Waals surface area contributed by atoms with Gasteiger partial charge in [-0.15, -0.1) is 0 Å². The second-order valence-corrected chi connectivity index (χ2v) is 3.12. The van der Waals surface area contributed by atoms with Crippen LogP contribution in [-0.2, 0) is 16.1 Å². The van der Waals surface area contributed by atoms with Crippen LogP contribution in [0.2, 0.25) is 0 Å². The van der Waals surface area contributed by atoms with Crippen LogP contribution in [0.5, 0.6) is 0 Å². The lowest BCUT2D eigenvalue weighted by Crippen LogP contribution is -2.15. The standard InChI is InChI=1S/C9H9NO4/c11-7-3-8(12)14-4-6-5(7)1-2-10-9(6)13/h1-2,7,11H,3-4H2,(H,10,13). The molecular weight excluding hydrogens is 186 g/mol. The van der Waals surface area contributed by atoms with Crippen molar-refractivity contribution in [2.75, 3.05) is 0 Å². The minimum atomic E-state index is -0.942. The van der Waals surface area contributed by atoms with Gasteiger partial charge < -0.3 is 14.8 Å². The Morgan fingerprint density at radius 1 is 1.50 bits per heavy atom. The highest BCUT2D eigenvalue weighted by Gasteiger charge is 2.23. The molecule has 2 rings (SSSR count). The predicted octanol–water partition coefficient (Wildman–Crippen LogP) is -0.145. The number of nitrogens with one attached hydrogen (secondary N) is 1. The minimum absolute atomic E-state index is 0.0681. The van der Waals surface area contributed by atoms with Crippen LogP contribution in [0.15, 0.2) is 17.1 Å². The van der Waals surface area contributed by atoms with E-state index < -0.39 is 12.1 Å². The minimum Gasteiger partial charge on any atom is -0.460 e. The fourth-order valence-electron chi connectivity index (χ4n) is 1.47. The van der Waals surface area contributed by atoms with Crippen LogP contribution in [-0.4, -0.2) is 16.1 Å². The van der Waals surface area contributed by atoms with Gasteiger partial charge in [0.1, 0.15) is 6.61 Å². The number of carbonyl (C=O) groups is 1. The molecule has 0 fully saturated rings. The number of esters is 1. The van der Waals surface area contributed by atoms with E-state index in [2.05, 4.69) is 4.98 Å². The van der Waals surface area contributed by atoms with Crippen molar-refractivity contribution in [3.63, 3.8) is 0 Å². The van der Waals surface area contributed by atoms with Crippen LogP contribution in [0.1, 0.15) is 23.7 Å². The Morgan fingerprint density at radius 3 is 3.07 bits per heavy atom. The van der Waals surface area contributed by atoms with E-state index in [-0.39, 0.29) is 18.6 Å². The molecule has 1 aliphatic heterocycles. The monoisotopic (exact) mass is 195 g/mol. The van der Waals surface area contributed by atoms with Gasteiger partial charge in [-0.1, -0.05) is 0 Å². The molecule has 2 heterocycles. The molecule has 5 heteroatoms. The molecule has 1 aromatic rings. The summed E-state index contributed by atoms with van der Waals surface area (Å²) in [5, 5.41) is 9.58. The van der Waals surface area contributed by atoms with Crippen molar-refractivity contribution >= 4 is 5.97 Å². The largest absolute Gasteiger partial charge is 0.460 e. The topological polar surface area (TPSA) is 79.4 Å². The fourth-order valence-corrected chi connectivity index (χ4v) is 1.47. The molecule has 1 unspecified atom stereocenters. The van der Waals surface area contributed by atoms with Gasteiger partial charge in [-0.2, -0.15) is 0 Å². The maximum atomic E-state index is 11.3. The summed E-state index contributed by atoms with van der Waals surface area (Å²) in [4.78, 5) is 24.8.